The van der Waals surface area contributed by atoms with Crippen molar-refractivity contribution >= 4 is 27.5 Å². The van der Waals surface area contributed by atoms with Crippen LogP contribution in [-0.2, 0) is 4.79 Å². The molecule has 0 atom stereocenters. The summed E-state index contributed by atoms with van der Waals surface area (Å²) in [6, 6.07) is 10.3. The Balaban J connectivity index is 0.000000370. The van der Waals surface area contributed by atoms with E-state index >= 15 is 0 Å². The molecule has 2 aromatic carbocycles. The Bertz CT molecular complexity index is 711. The number of aryl methyl sites for hydroxylation is 1. The van der Waals surface area contributed by atoms with Crippen molar-refractivity contribution in [3.63, 3.8) is 0 Å². The highest BCUT2D eigenvalue weighted by atomic mass is 79.9. The largest absolute Gasteiger partial charge is 0.492 e. The number of methoxy groups -OCH3 is 2. The molecule has 8 heteroatoms. The molecule has 0 aliphatic carbocycles. The number of carbonyl (C=O) groups is 1. The molecular formula is C17H17BrF3NO3. The molecule has 0 saturated carbocycles. The topological polar surface area (TPSA) is 38.8 Å². The molecule has 0 fully saturated rings. The van der Waals surface area contributed by atoms with E-state index in [1.54, 1.807) is 0 Å². The van der Waals surface area contributed by atoms with Crippen molar-refractivity contribution in [3.8, 4) is 11.5 Å². The van der Waals surface area contributed by atoms with Gasteiger partial charge in [0.05, 0.1) is 18.7 Å². The van der Waals surface area contributed by atoms with E-state index in [9.17, 15) is 18.1 Å². The lowest BCUT2D eigenvalue weighted by atomic mass is 10.2. The van der Waals surface area contributed by atoms with Crippen LogP contribution in [-0.4, -0.2) is 20.1 Å². The van der Waals surface area contributed by atoms with Gasteiger partial charge in [-0.05, 0) is 22.9 Å². The highest BCUT2D eigenvalue weighted by molar-refractivity contribution is 9.10. The van der Waals surface area contributed by atoms with Gasteiger partial charge in [0.25, 0.3) is 5.91 Å². The first-order valence-corrected chi connectivity index (χ1v) is 7.82. The van der Waals surface area contributed by atoms with Crippen LogP contribution in [0.15, 0.2) is 34.8 Å². The number of ether oxygens (including phenoxy) is 2. The lowest BCUT2D eigenvalue weighted by Gasteiger charge is -2.17. The van der Waals surface area contributed by atoms with Crippen LogP contribution in [0.2, 0.25) is 0 Å². The van der Waals surface area contributed by atoms with Gasteiger partial charge in [0, 0.05) is 6.92 Å². The molecule has 0 saturated heterocycles. The summed E-state index contributed by atoms with van der Waals surface area (Å²) in [5.41, 5.74) is 0.514. The van der Waals surface area contributed by atoms with Crippen molar-refractivity contribution in [2.45, 2.75) is 13.8 Å². The van der Waals surface area contributed by atoms with Crippen LogP contribution < -0.4 is 14.6 Å². The smallest absolute Gasteiger partial charge is 0.252 e. The highest BCUT2D eigenvalue weighted by Crippen LogP contribution is 2.45. The minimum atomic E-state index is -1.35. The van der Waals surface area contributed by atoms with E-state index in [2.05, 4.69) is 44.5 Å². The van der Waals surface area contributed by atoms with Gasteiger partial charge >= 0.3 is 0 Å². The van der Waals surface area contributed by atoms with Crippen LogP contribution in [0.3, 0.4) is 0 Å². The van der Waals surface area contributed by atoms with Crippen molar-refractivity contribution < 1.29 is 27.5 Å². The second-order valence-corrected chi connectivity index (χ2v) is 5.60. The Morgan fingerprint density at radius 1 is 1.04 bits per heavy atom. The number of carbonyl (C=O) groups excluding carboxylic acids is 1. The van der Waals surface area contributed by atoms with Gasteiger partial charge in [0.2, 0.25) is 5.82 Å². The van der Waals surface area contributed by atoms with Gasteiger partial charge in [-0.15, -0.1) is 5.12 Å². The molecule has 0 heterocycles. The van der Waals surface area contributed by atoms with Crippen LogP contribution in [0.25, 0.3) is 0 Å². The number of anilines is 1. The van der Waals surface area contributed by atoms with Crippen LogP contribution in [0, 0.1) is 18.6 Å². The molecule has 0 aliphatic heterocycles. The van der Waals surface area contributed by atoms with Crippen LogP contribution >= 0.6 is 15.9 Å². The summed E-state index contributed by atoms with van der Waals surface area (Å²) in [5, 5.41) is -0.468. The summed E-state index contributed by atoms with van der Waals surface area (Å²) in [7, 11) is 2.12. The first kappa shape index (κ1) is 20.8. The molecule has 0 radical (unpaired) electrons. The van der Waals surface area contributed by atoms with E-state index < -0.39 is 39.9 Å². The van der Waals surface area contributed by atoms with Crippen LogP contribution in [0.4, 0.5) is 18.9 Å². The SMILES string of the molecule is COc1c(F)c(OC)c(Br)c(N(F)C(C)=O)c1F.Cc1ccccc1. The fourth-order valence-electron chi connectivity index (χ4n) is 1.83. The number of hydrogen-bond donors (Lipinski definition) is 0. The first-order chi connectivity index (χ1) is 11.8. The summed E-state index contributed by atoms with van der Waals surface area (Å²) in [4.78, 5) is 10.9. The quantitative estimate of drug-likeness (QED) is 0.658. The van der Waals surface area contributed by atoms with E-state index in [1.807, 2.05) is 18.2 Å². The van der Waals surface area contributed by atoms with Crippen molar-refractivity contribution in [3.05, 3.63) is 52.0 Å². The first-order valence-electron chi connectivity index (χ1n) is 7.02. The maximum atomic E-state index is 13.8. The van der Waals surface area contributed by atoms with Crippen molar-refractivity contribution in [2.75, 3.05) is 19.3 Å². The molecule has 0 aliphatic rings. The van der Waals surface area contributed by atoms with Gasteiger partial charge in [-0.1, -0.05) is 40.4 Å². The lowest BCUT2D eigenvalue weighted by Crippen LogP contribution is -2.20. The molecule has 2 rings (SSSR count). The molecule has 25 heavy (non-hydrogen) atoms. The van der Waals surface area contributed by atoms with Crippen LogP contribution in [0.1, 0.15) is 12.5 Å². The van der Waals surface area contributed by atoms with E-state index in [0.717, 1.165) is 21.1 Å². The third kappa shape index (κ3) is 4.88. The Kier molecular flexibility index (Phi) is 7.76. The van der Waals surface area contributed by atoms with Gasteiger partial charge in [0.1, 0.15) is 5.69 Å². The Morgan fingerprint density at radius 3 is 1.92 bits per heavy atom. The molecular weight excluding hydrogens is 403 g/mol. The van der Waals surface area contributed by atoms with Gasteiger partial charge in [0.15, 0.2) is 17.3 Å². The number of rotatable bonds is 3. The summed E-state index contributed by atoms with van der Waals surface area (Å²) >= 11 is 2.78. The second-order valence-electron chi connectivity index (χ2n) is 4.81. The van der Waals surface area contributed by atoms with E-state index in [4.69, 9.17) is 0 Å². The Morgan fingerprint density at radius 2 is 1.56 bits per heavy atom. The van der Waals surface area contributed by atoms with Crippen LogP contribution in [0.5, 0.6) is 11.5 Å². The highest BCUT2D eigenvalue weighted by Gasteiger charge is 2.30. The maximum Gasteiger partial charge on any atom is 0.252 e. The van der Waals surface area contributed by atoms with Gasteiger partial charge in [-0.25, -0.2) is 4.39 Å². The second kappa shape index (κ2) is 9.31. The molecule has 0 N–H and O–H groups in total. The average Bonchev–Trinajstić information content (AvgIpc) is 2.56. The molecule has 0 unspecified atom stereocenters. The van der Waals surface area contributed by atoms with Crippen molar-refractivity contribution in [1.29, 1.82) is 0 Å². The predicted octanol–water partition coefficient (Wildman–Crippen LogP) is 4.98. The predicted molar refractivity (Wildman–Crippen MR) is 92.6 cm³/mol. The van der Waals surface area contributed by atoms with E-state index in [-0.39, 0.29) is 4.47 Å². The molecule has 0 bridgehead atoms. The molecule has 0 aromatic heterocycles. The van der Waals surface area contributed by atoms with Gasteiger partial charge in [-0.2, -0.15) is 4.39 Å². The fourth-order valence-corrected chi connectivity index (χ4v) is 2.50. The summed E-state index contributed by atoms with van der Waals surface area (Å²) in [6.45, 7) is 2.97. The summed E-state index contributed by atoms with van der Waals surface area (Å²) in [6.07, 6.45) is 0. The zero-order valence-electron chi connectivity index (χ0n) is 14.1. The molecule has 4 nitrogen and oxygen atoms in total. The zero-order chi connectivity index (χ0) is 19.1. The number of benzene rings is 2. The minimum Gasteiger partial charge on any atom is -0.492 e. The third-order valence-electron chi connectivity index (χ3n) is 3.03. The molecule has 1 amide bonds. The lowest BCUT2D eigenvalue weighted by molar-refractivity contribution is -0.119. The van der Waals surface area contributed by atoms with Gasteiger partial charge < -0.3 is 9.47 Å². The normalized spacial score (nSPS) is 9.76. The fraction of sp³-hybridized carbons (Fsp3) is 0.235. The molecule has 2 aromatic rings. The summed E-state index contributed by atoms with van der Waals surface area (Å²) < 4.78 is 49.9. The number of nitrogens with zero attached hydrogens (tertiary/aromatic N) is 1. The van der Waals surface area contributed by atoms with Crippen molar-refractivity contribution in [2.24, 2.45) is 0 Å². The number of halogens is 4. The monoisotopic (exact) mass is 419 g/mol. The zero-order valence-corrected chi connectivity index (χ0v) is 15.7. The minimum absolute atomic E-state index is 0.363. The Labute approximate surface area is 152 Å². The van der Waals surface area contributed by atoms with Gasteiger partial charge in [-0.3, -0.25) is 4.79 Å². The maximum absolute atomic E-state index is 13.8. The average molecular weight is 420 g/mol. The third-order valence-corrected chi connectivity index (χ3v) is 3.77. The standard InChI is InChI=1S/C10H9BrF3NO3.C7H8/c1-4(16)15(14)8-5(11)9(17-2)7(13)10(18-3)6(8)12;1-7-5-3-2-4-6-7/h1-3H3;2-6H,1H3. The molecule has 136 valence electrons. The number of hydrogen-bond acceptors (Lipinski definition) is 3. The molecule has 0 spiro atoms. The van der Waals surface area contributed by atoms with E-state index in [1.165, 1.54) is 5.56 Å². The Hall–Kier alpha value is -2.22. The van der Waals surface area contributed by atoms with Crippen molar-refractivity contribution in [1.82, 2.24) is 0 Å². The number of amides is 1. The summed E-state index contributed by atoms with van der Waals surface area (Å²) in [5.74, 6) is -4.86. The van der Waals surface area contributed by atoms with E-state index in [0.29, 0.717) is 0 Å².